The number of carbonyl (C=O) groups is 2. The third-order valence-corrected chi connectivity index (χ3v) is 4.61. The number of carbonyl (C=O) groups excluding carboxylic acids is 2. The largest absolute Gasteiger partial charge is 0.497 e. The SMILES string of the molecule is C#CCN1C(=O)C(O)(CC(=O)c2ccc(OC)cc2OC)c2ccccc21. The Morgan fingerprint density at radius 2 is 1.96 bits per heavy atom. The lowest BCUT2D eigenvalue weighted by molar-refractivity contribution is -0.135. The van der Waals surface area contributed by atoms with Gasteiger partial charge in [-0.3, -0.25) is 14.5 Å². The number of aliphatic hydroxyl groups is 1. The van der Waals surface area contributed by atoms with Gasteiger partial charge < -0.3 is 14.6 Å². The van der Waals surface area contributed by atoms with Gasteiger partial charge in [-0.05, 0) is 18.2 Å². The summed E-state index contributed by atoms with van der Waals surface area (Å²) in [6.45, 7) is 0.0121. The summed E-state index contributed by atoms with van der Waals surface area (Å²) in [5.41, 5.74) is -0.842. The van der Waals surface area contributed by atoms with Crippen LogP contribution in [0, 0.1) is 12.3 Å². The second-order valence-corrected chi connectivity index (χ2v) is 6.14. The second-order valence-electron chi connectivity index (χ2n) is 6.14. The Labute approximate surface area is 157 Å². The third kappa shape index (κ3) is 3.03. The van der Waals surface area contributed by atoms with Crippen molar-refractivity contribution in [2.45, 2.75) is 12.0 Å². The predicted octanol–water partition coefficient (Wildman–Crippen LogP) is 2.14. The van der Waals surface area contributed by atoms with E-state index in [0.29, 0.717) is 22.7 Å². The summed E-state index contributed by atoms with van der Waals surface area (Å²) in [5.74, 6) is 2.21. The van der Waals surface area contributed by atoms with Crippen LogP contribution in [-0.2, 0) is 10.4 Å². The Morgan fingerprint density at radius 3 is 2.63 bits per heavy atom. The number of amides is 1. The van der Waals surface area contributed by atoms with E-state index >= 15 is 0 Å². The molecule has 0 saturated heterocycles. The van der Waals surface area contributed by atoms with E-state index in [0.717, 1.165) is 0 Å². The average Bonchev–Trinajstić information content (AvgIpc) is 2.89. The van der Waals surface area contributed by atoms with Crippen molar-refractivity contribution in [2.75, 3.05) is 25.7 Å². The molecule has 1 aliphatic heterocycles. The van der Waals surface area contributed by atoms with E-state index in [-0.39, 0.29) is 12.1 Å². The standard InChI is InChI=1S/C21H19NO5/c1-4-11-22-17-8-6-5-7-16(17)21(25,20(22)24)13-18(23)15-10-9-14(26-2)12-19(15)27-3/h1,5-10,12,25H,11,13H2,2-3H3. The summed E-state index contributed by atoms with van der Waals surface area (Å²) in [6, 6.07) is 11.5. The molecule has 27 heavy (non-hydrogen) atoms. The topological polar surface area (TPSA) is 76.1 Å². The number of anilines is 1. The molecule has 0 spiro atoms. The van der Waals surface area contributed by atoms with Crippen molar-refractivity contribution in [3.05, 3.63) is 53.6 Å². The first-order valence-corrected chi connectivity index (χ1v) is 8.28. The summed E-state index contributed by atoms with van der Waals surface area (Å²) in [4.78, 5) is 27.1. The van der Waals surface area contributed by atoms with E-state index in [1.807, 2.05) is 0 Å². The van der Waals surface area contributed by atoms with E-state index in [9.17, 15) is 14.7 Å². The normalized spacial score (nSPS) is 18.0. The maximum atomic E-state index is 12.9. The van der Waals surface area contributed by atoms with Crippen LogP contribution in [0.5, 0.6) is 11.5 Å². The molecule has 6 nitrogen and oxygen atoms in total. The number of fused-ring (bicyclic) bond motifs is 1. The number of terminal acetylenes is 1. The fourth-order valence-corrected chi connectivity index (χ4v) is 3.28. The molecule has 0 radical (unpaired) electrons. The van der Waals surface area contributed by atoms with Gasteiger partial charge >= 0.3 is 0 Å². The van der Waals surface area contributed by atoms with Gasteiger partial charge in [-0.15, -0.1) is 6.42 Å². The van der Waals surface area contributed by atoms with Gasteiger partial charge in [-0.25, -0.2) is 0 Å². The van der Waals surface area contributed by atoms with E-state index in [4.69, 9.17) is 15.9 Å². The van der Waals surface area contributed by atoms with Crippen LogP contribution in [0.2, 0.25) is 0 Å². The van der Waals surface area contributed by atoms with Gasteiger partial charge in [0.25, 0.3) is 5.91 Å². The quantitative estimate of drug-likeness (QED) is 0.627. The fourth-order valence-electron chi connectivity index (χ4n) is 3.28. The minimum Gasteiger partial charge on any atom is -0.497 e. The van der Waals surface area contributed by atoms with Crippen molar-refractivity contribution in [1.29, 1.82) is 0 Å². The Hall–Kier alpha value is -3.30. The first-order chi connectivity index (χ1) is 13.0. The molecule has 0 aliphatic carbocycles. The molecule has 1 N–H and O–H groups in total. The maximum Gasteiger partial charge on any atom is 0.265 e. The van der Waals surface area contributed by atoms with Crippen LogP contribution in [0.15, 0.2) is 42.5 Å². The second kappa shape index (κ2) is 7.14. The zero-order valence-electron chi connectivity index (χ0n) is 15.1. The number of Topliss-reactive ketones (excluding diaryl/α,β-unsaturated/α-hetero) is 1. The lowest BCUT2D eigenvalue weighted by atomic mass is 9.88. The molecule has 2 aromatic rings. The molecule has 3 rings (SSSR count). The fraction of sp³-hybridized carbons (Fsp3) is 0.238. The zero-order chi connectivity index (χ0) is 19.6. The van der Waals surface area contributed by atoms with Gasteiger partial charge in [0.15, 0.2) is 11.4 Å². The van der Waals surface area contributed by atoms with Crippen molar-refractivity contribution in [1.82, 2.24) is 0 Å². The molecule has 1 aliphatic rings. The lowest BCUT2D eigenvalue weighted by Crippen LogP contribution is -2.42. The van der Waals surface area contributed by atoms with Crippen molar-refractivity contribution < 1.29 is 24.2 Å². The molecular formula is C21H19NO5. The van der Waals surface area contributed by atoms with Crippen LogP contribution in [0.25, 0.3) is 0 Å². The van der Waals surface area contributed by atoms with Crippen LogP contribution in [0.4, 0.5) is 5.69 Å². The van der Waals surface area contributed by atoms with Gasteiger partial charge in [0.1, 0.15) is 11.5 Å². The summed E-state index contributed by atoms with van der Waals surface area (Å²) in [5, 5.41) is 11.2. The Kier molecular flexibility index (Phi) is 4.89. The number of hydrogen-bond acceptors (Lipinski definition) is 5. The molecule has 0 saturated carbocycles. The highest BCUT2D eigenvalue weighted by molar-refractivity contribution is 6.11. The zero-order valence-corrected chi connectivity index (χ0v) is 15.1. The molecule has 138 valence electrons. The van der Waals surface area contributed by atoms with Crippen LogP contribution < -0.4 is 14.4 Å². The average molecular weight is 365 g/mol. The Bertz CT molecular complexity index is 946. The van der Waals surface area contributed by atoms with E-state index in [2.05, 4.69) is 5.92 Å². The number of para-hydroxylation sites is 1. The number of nitrogens with zero attached hydrogens (tertiary/aromatic N) is 1. The highest BCUT2D eigenvalue weighted by atomic mass is 16.5. The summed E-state index contributed by atoms with van der Waals surface area (Å²) in [6.07, 6.45) is 4.93. The first-order valence-electron chi connectivity index (χ1n) is 8.28. The van der Waals surface area contributed by atoms with Gasteiger partial charge in [-0.1, -0.05) is 24.1 Å². The molecule has 6 heteroatoms. The van der Waals surface area contributed by atoms with Gasteiger partial charge in [0, 0.05) is 11.6 Å². The lowest BCUT2D eigenvalue weighted by Gasteiger charge is -2.22. The molecule has 1 heterocycles. The van der Waals surface area contributed by atoms with Crippen LogP contribution in [0.3, 0.4) is 0 Å². The van der Waals surface area contributed by atoms with E-state index in [1.165, 1.54) is 19.1 Å². The van der Waals surface area contributed by atoms with Crippen molar-refractivity contribution >= 4 is 17.4 Å². The van der Waals surface area contributed by atoms with Crippen molar-refractivity contribution in [2.24, 2.45) is 0 Å². The van der Waals surface area contributed by atoms with Gasteiger partial charge in [-0.2, -0.15) is 0 Å². The Morgan fingerprint density at radius 1 is 1.22 bits per heavy atom. The molecule has 1 unspecified atom stereocenters. The first kappa shape index (κ1) is 18.5. The maximum absolute atomic E-state index is 12.9. The smallest absolute Gasteiger partial charge is 0.265 e. The number of benzene rings is 2. The van der Waals surface area contributed by atoms with Crippen LogP contribution >= 0.6 is 0 Å². The summed E-state index contributed by atoms with van der Waals surface area (Å²) < 4.78 is 10.4. The van der Waals surface area contributed by atoms with Crippen LogP contribution in [0.1, 0.15) is 22.3 Å². The monoisotopic (exact) mass is 365 g/mol. The van der Waals surface area contributed by atoms with Crippen molar-refractivity contribution in [3.63, 3.8) is 0 Å². The highest BCUT2D eigenvalue weighted by Gasteiger charge is 2.50. The minimum absolute atomic E-state index is 0.0121. The molecule has 1 atom stereocenters. The number of ether oxygens (including phenoxy) is 2. The van der Waals surface area contributed by atoms with Gasteiger partial charge in [0.05, 0.1) is 38.4 Å². The molecule has 1 amide bonds. The Balaban J connectivity index is 1.99. The highest BCUT2D eigenvalue weighted by Crippen LogP contribution is 2.43. The number of rotatable bonds is 6. The van der Waals surface area contributed by atoms with E-state index < -0.39 is 23.7 Å². The van der Waals surface area contributed by atoms with Crippen molar-refractivity contribution in [3.8, 4) is 23.8 Å². The summed E-state index contributed by atoms with van der Waals surface area (Å²) in [7, 11) is 2.94. The number of ketones is 1. The molecule has 2 aromatic carbocycles. The van der Waals surface area contributed by atoms with Gasteiger partial charge in [0.2, 0.25) is 0 Å². The molecule has 0 bridgehead atoms. The van der Waals surface area contributed by atoms with Crippen LogP contribution in [-0.4, -0.2) is 37.6 Å². The molecule has 0 aromatic heterocycles. The minimum atomic E-state index is -1.98. The molecule has 0 fully saturated rings. The van der Waals surface area contributed by atoms with E-state index in [1.54, 1.807) is 42.5 Å². The molecular weight excluding hydrogens is 346 g/mol. The number of hydrogen-bond donors (Lipinski definition) is 1. The third-order valence-electron chi connectivity index (χ3n) is 4.61. The summed E-state index contributed by atoms with van der Waals surface area (Å²) >= 11 is 0. The predicted molar refractivity (Wildman–Crippen MR) is 100 cm³/mol. The number of methoxy groups -OCH3 is 2.